The number of fused-ring (bicyclic) bond motifs is 1. The standard InChI is InChI=1S/C26H23Cl2N5O2/c27-17-10-8-16(9-11-17)22-19(18-6-2-3-7-21(18)28)14-30-23-20(15-31-33(22)23)24(34)32-26(25(29)35)12-4-1-5-13-26/h2-3,6-11,14-15H,1,4-5,12-13H2,(H2,29,35)(H,32,34). The van der Waals surface area contributed by atoms with Crippen molar-refractivity contribution in [1.29, 1.82) is 0 Å². The Labute approximate surface area is 212 Å². The van der Waals surface area contributed by atoms with Gasteiger partial charge in [-0.2, -0.15) is 5.10 Å². The van der Waals surface area contributed by atoms with E-state index in [-0.39, 0.29) is 5.56 Å². The highest BCUT2D eigenvalue weighted by Gasteiger charge is 2.40. The number of nitrogens with two attached hydrogens (primary N) is 1. The zero-order chi connectivity index (χ0) is 24.6. The van der Waals surface area contributed by atoms with Crippen molar-refractivity contribution >= 4 is 40.7 Å². The first-order valence-electron chi connectivity index (χ1n) is 11.4. The first-order valence-corrected chi connectivity index (χ1v) is 12.2. The predicted molar refractivity (Wildman–Crippen MR) is 136 cm³/mol. The van der Waals surface area contributed by atoms with Crippen LogP contribution in [0.2, 0.25) is 10.0 Å². The number of rotatable bonds is 5. The predicted octanol–water partition coefficient (Wildman–Crippen LogP) is 5.29. The van der Waals surface area contributed by atoms with E-state index >= 15 is 0 Å². The van der Waals surface area contributed by atoms with Crippen LogP contribution in [0.25, 0.3) is 28.0 Å². The van der Waals surface area contributed by atoms with Crippen molar-refractivity contribution in [3.8, 4) is 22.4 Å². The lowest BCUT2D eigenvalue weighted by Gasteiger charge is -2.34. The summed E-state index contributed by atoms with van der Waals surface area (Å²) in [6.45, 7) is 0. The molecule has 2 amide bonds. The highest BCUT2D eigenvalue weighted by atomic mass is 35.5. The molecule has 0 unspecified atom stereocenters. The lowest BCUT2D eigenvalue weighted by molar-refractivity contribution is -0.125. The molecular formula is C26H23Cl2N5O2. The van der Waals surface area contributed by atoms with Crippen molar-refractivity contribution in [2.75, 3.05) is 0 Å². The average Bonchev–Trinajstić information content (AvgIpc) is 3.29. The molecule has 2 heterocycles. The quantitative estimate of drug-likeness (QED) is 0.383. The monoisotopic (exact) mass is 507 g/mol. The fraction of sp³-hybridized carbons (Fsp3) is 0.231. The number of nitrogens with one attached hydrogen (secondary N) is 1. The third kappa shape index (κ3) is 4.26. The molecule has 0 spiro atoms. The highest BCUT2D eigenvalue weighted by Crippen LogP contribution is 2.36. The largest absolute Gasteiger partial charge is 0.368 e. The van der Waals surface area contributed by atoms with Crippen LogP contribution in [0.15, 0.2) is 60.9 Å². The molecule has 0 saturated heterocycles. The summed E-state index contributed by atoms with van der Waals surface area (Å²) in [6, 6.07) is 14.8. The van der Waals surface area contributed by atoms with Crippen molar-refractivity contribution in [2.24, 2.45) is 5.73 Å². The van der Waals surface area contributed by atoms with Gasteiger partial charge in [0.15, 0.2) is 5.65 Å². The summed E-state index contributed by atoms with van der Waals surface area (Å²) < 4.78 is 1.62. The lowest BCUT2D eigenvalue weighted by Crippen LogP contribution is -2.58. The molecule has 1 fully saturated rings. The fourth-order valence-corrected chi connectivity index (χ4v) is 5.09. The zero-order valence-electron chi connectivity index (χ0n) is 18.8. The molecule has 0 radical (unpaired) electrons. The molecule has 4 aromatic rings. The van der Waals surface area contributed by atoms with Gasteiger partial charge >= 0.3 is 0 Å². The van der Waals surface area contributed by atoms with Gasteiger partial charge in [0.25, 0.3) is 5.91 Å². The second kappa shape index (κ2) is 9.32. The van der Waals surface area contributed by atoms with Crippen molar-refractivity contribution < 1.29 is 9.59 Å². The van der Waals surface area contributed by atoms with Crippen molar-refractivity contribution in [1.82, 2.24) is 19.9 Å². The van der Waals surface area contributed by atoms with Crippen molar-refractivity contribution in [3.05, 3.63) is 76.5 Å². The molecule has 1 saturated carbocycles. The molecule has 9 heteroatoms. The van der Waals surface area contributed by atoms with E-state index in [1.54, 1.807) is 22.8 Å². The van der Waals surface area contributed by atoms with Gasteiger partial charge in [-0.15, -0.1) is 0 Å². The van der Waals surface area contributed by atoms with Gasteiger partial charge in [-0.1, -0.05) is 72.8 Å². The first-order chi connectivity index (χ1) is 16.9. The van der Waals surface area contributed by atoms with Crippen LogP contribution in [0.3, 0.4) is 0 Å². The van der Waals surface area contributed by atoms with E-state index in [0.29, 0.717) is 34.2 Å². The minimum Gasteiger partial charge on any atom is -0.368 e. The number of primary amides is 1. The third-order valence-electron chi connectivity index (χ3n) is 6.58. The van der Waals surface area contributed by atoms with Crippen molar-refractivity contribution in [3.63, 3.8) is 0 Å². The number of carbonyl (C=O) groups is 2. The summed E-state index contributed by atoms with van der Waals surface area (Å²) in [6.07, 6.45) is 6.86. The van der Waals surface area contributed by atoms with Crippen LogP contribution in [0.5, 0.6) is 0 Å². The number of halogens is 2. The number of hydrogen-bond donors (Lipinski definition) is 2. The number of hydrogen-bond acceptors (Lipinski definition) is 4. The molecular weight excluding hydrogens is 485 g/mol. The number of aromatic nitrogens is 3. The van der Waals surface area contributed by atoms with Crippen LogP contribution in [0, 0.1) is 0 Å². The van der Waals surface area contributed by atoms with E-state index in [9.17, 15) is 9.59 Å². The maximum atomic E-state index is 13.3. The van der Waals surface area contributed by atoms with Gasteiger partial charge in [-0.25, -0.2) is 9.50 Å². The van der Waals surface area contributed by atoms with Crippen LogP contribution >= 0.6 is 23.2 Å². The van der Waals surface area contributed by atoms with Crippen LogP contribution in [0.4, 0.5) is 0 Å². The first kappa shape index (κ1) is 23.3. The van der Waals surface area contributed by atoms with E-state index in [0.717, 1.165) is 36.0 Å². The van der Waals surface area contributed by atoms with Crippen LogP contribution in [-0.4, -0.2) is 32.0 Å². The summed E-state index contributed by atoms with van der Waals surface area (Å²) in [5.41, 5.74) is 8.35. The number of carbonyl (C=O) groups excluding carboxylic acids is 2. The molecule has 0 atom stereocenters. The molecule has 0 aliphatic heterocycles. The summed E-state index contributed by atoms with van der Waals surface area (Å²) >= 11 is 12.6. The maximum absolute atomic E-state index is 13.3. The van der Waals surface area contributed by atoms with Crippen LogP contribution in [0.1, 0.15) is 42.5 Å². The Bertz CT molecular complexity index is 1430. The molecule has 0 bridgehead atoms. The van der Waals surface area contributed by atoms with Gasteiger partial charge in [0.1, 0.15) is 11.1 Å². The molecule has 1 aliphatic rings. The minimum absolute atomic E-state index is 0.261. The average molecular weight is 508 g/mol. The molecule has 35 heavy (non-hydrogen) atoms. The van der Waals surface area contributed by atoms with Crippen LogP contribution in [-0.2, 0) is 4.79 Å². The second-order valence-electron chi connectivity index (χ2n) is 8.76. The van der Waals surface area contributed by atoms with E-state index in [1.807, 2.05) is 36.4 Å². The van der Waals surface area contributed by atoms with Gasteiger partial charge in [0.05, 0.1) is 11.9 Å². The summed E-state index contributed by atoms with van der Waals surface area (Å²) in [4.78, 5) is 30.2. The summed E-state index contributed by atoms with van der Waals surface area (Å²) in [5, 5.41) is 8.58. The molecule has 3 N–H and O–H groups in total. The smallest absolute Gasteiger partial charge is 0.257 e. The third-order valence-corrected chi connectivity index (χ3v) is 7.17. The zero-order valence-corrected chi connectivity index (χ0v) is 20.3. The van der Waals surface area contributed by atoms with E-state index in [2.05, 4.69) is 15.4 Å². The lowest BCUT2D eigenvalue weighted by atomic mass is 9.81. The highest BCUT2D eigenvalue weighted by molar-refractivity contribution is 6.33. The Balaban J connectivity index is 1.65. The number of amides is 2. The van der Waals surface area contributed by atoms with Crippen molar-refractivity contribution in [2.45, 2.75) is 37.6 Å². The molecule has 7 nitrogen and oxygen atoms in total. The van der Waals surface area contributed by atoms with Gasteiger partial charge in [-0.3, -0.25) is 9.59 Å². The number of nitrogens with zero attached hydrogens (tertiary/aromatic N) is 3. The number of benzene rings is 2. The van der Waals surface area contributed by atoms with E-state index in [1.165, 1.54) is 6.20 Å². The Morgan fingerprint density at radius 2 is 1.66 bits per heavy atom. The van der Waals surface area contributed by atoms with Gasteiger partial charge in [-0.05, 0) is 31.0 Å². The topological polar surface area (TPSA) is 102 Å². The van der Waals surface area contributed by atoms with E-state index < -0.39 is 17.4 Å². The molecule has 2 aromatic carbocycles. The summed E-state index contributed by atoms with van der Waals surface area (Å²) in [7, 11) is 0. The summed E-state index contributed by atoms with van der Waals surface area (Å²) in [5.74, 6) is -0.946. The Hall–Kier alpha value is -3.42. The SMILES string of the molecule is NC(=O)C1(NC(=O)c2cnn3c(-c4ccc(Cl)cc4)c(-c4ccccc4Cl)cnc23)CCCCC1. The van der Waals surface area contributed by atoms with Gasteiger partial charge < -0.3 is 11.1 Å². The normalized spacial score (nSPS) is 15.1. The molecule has 1 aliphatic carbocycles. The minimum atomic E-state index is -1.06. The second-order valence-corrected chi connectivity index (χ2v) is 9.61. The molecule has 178 valence electrons. The molecule has 2 aromatic heterocycles. The van der Waals surface area contributed by atoms with Gasteiger partial charge in [0.2, 0.25) is 5.91 Å². The molecule has 5 rings (SSSR count). The Morgan fingerprint density at radius 3 is 2.34 bits per heavy atom. The maximum Gasteiger partial charge on any atom is 0.257 e. The van der Waals surface area contributed by atoms with Gasteiger partial charge in [0, 0.05) is 32.9 Å². The van der Waals surface area contributed by atoms with Crippen LogP contribution < -0.4 is 11.1 Å². The fourth-order valence-electron chi connectivity index (χ4n) is 4.73. The Morgan fingerprint density at radius 1 is 0.943 bits per heavy atom. The Kier molecular flexibility index (Phi) is 6.21. The van der Waals surface area contributed by atoms with E-state index in [4.69, 9.17) is 28.9 Å².